The third-order valence-electron chi connectivity index (χ3n) is 2.97. The van der Waals surface area contributed by atoms with E-state index in [-0.39, 0.29) is 11.8 Å². The smallest absolute Gasteiger partial charge is 0.225 e. The minimum Gasteiger partial charge on any atom is -0.381 e. The number of ether oxygens (including phenoxy) is 1. The van der Waals surface area contributed by atoms with Crippen LogP contribution in [0.4, 0.5) is 0 Å². The van der Waals surface area contributed by atoms with Gasteiger partial charge in [0.05, 0.1) is 12.5 Å². The Morgan fingerprint density at radius 1 is 1.27 bits per heavy atom. The molecule has 1 saturated carbocycles. The summed E-state index contributed by atoms with van der Waals surface area (Å²) in [4.78, 5) is 11.6. The lowest BCUT2D eigenvalue weighted by Gasteiger charge is -2.21. The molecule has 1 saturated heterocycles. The minimum atomic E-state index is 0.0830. The van der Waals surface area contributed by atoms with E-state index >= 15 is 0 Å². The first-order valence-electron chi connectivity index (χ1n) is 5.95. The first-order valence-corrected chi connectivity index (χ1v) is 5.95. The zero-order valence-electron chi connectivity index (χ0n) is 9.13. The maximum atomic E-state index is 11.6. The van der Waals surface area contributed by atoms with Crippen LogP contribution in [0.3, 0.4) is 0 Å². The topological polar surface area (TPSA) is 50.4 Å². The standard InChI is InChI=1S/C11H20N2O2/c14-11(9-2-1-7-15-8-9)13-6-5-12-10-3-4-10/h9-10,12H,1-8H2,(H,13,14). The molecule has 0 aromatic rings. The van der Waals surface area contributed by atoms with Crippen molar-refractivity contribution >= 4 is 5.91 Å². The molecule has 1 aliphatic heterocycles. The van der Waals surface area contributed by atoms with Gasteiger partial charge in [-0.2, -0.15) is 0 Å². The summed E-state index contributed by atoms with van der Waals surface area (Å²) in [7, 11) is 0. The molecule has 1 unspecified atom stereocenters. The summed E-state index contributed by atoms with van der Waals surface area (Å²) in [5.74, 6) is 0.243. The fourth-order valence-corrected chi connectivity index (χ4v) is 1.84. The van der Waals surface area contributed by atoms with Gasteiger partial charge in [0.1, 0.15) is 0 Å². The molecule has 1 amide bonds. The molecule has 2 fully saturated rings. The summed E-state index contributed by atoms with van der Waals surface area (Å²) in [6, 6.07) is 0.722. The van der Waals surface area contributed by atoms with Gasteiger partial charge >= 0.3 is 0 Å². The third kappa shape index (κ3) is 3.80. The predicted molar refractivity (Wildman–Crippen MR) is 57.6 cm³/mol. The summed E-state index contributed by atoms with van der Waals surface area (Å²) < 4.78 is 5.28. The number of nitrogens with one attached hydrogen (secondary N) is 2. The molecule has 0 bridgehead atoms. The van der Waals surface area contributed by atoms with Crippen LogP contribution in [0, 0.1) is 5.92 Å². The average Bonchev–Trinajstić information content (AvgIpc) is 3.09. The van der Waals surface area contributed by atoms with Crippen molar-refractivity contribution in [1.29, 1.82) is 0 Å². The fraction of sp³-hybridized carbons (Fsp3) is 0.909. The van der Waals surface area contributed by atoms with Crippen molar-refractivity contribution in [2.75, 3.05) is 26.3 Å². The first-order chi connectivity index (χ1) is 7.36. The molecular weight excluding hydrogens is 192 g/mol. The average molecular weight is 212 g/mol. The highest BCUT2D eigenvalue weighted by Gasteiger charge is 2.22. The molecular formula is C11H20N2O2. The molecule has 4 nitrogen and oxygen atoms in total. The summed E-state index contributed by atoms with van der Waals surface area (Å²) in [6.07, 6.45) is 4.58. The van der Waals surface area contributed by atoms with E-state index in [1.54, 1.807) is 0 Å². The third-order valence-corrected chi connectivity index (χ3v) is 2.97. The monoisotopic (exact) mass is 212 g/mol. The second-order valence-corrected chi connectivity index (χ2v) is 4.43. The summed E-state index contributed by atoms with van der Waals surface area (Å²) in [5, 5.41) is 6.32. The van der Waals surface area contributed by atoms with E-state index in [4.69, 9.17) is 4.74 Å². The Morgan fingerprint density at radius 2 is 2.13 bits per heavy atom. The number of carbonyl (C=O) groups is 1. The van der Waals surface area contributed by atoms with Gasteiger partial charge in [-0.1, -0.05) is 0 Å². The van der Waals surface area contributed by atoms with Crippen molar-refractivity contribution in [3.8, 4) is 0 Å². The van der Waals surface area contributed by atoms with Crippen LogP contribution in [0.15, 0.2) is 0 Å². The van der Waals surface area contributed by atoms with Gasteiger partial charge in [-0.25, -0.2) is 0 Å². The largest absolute Gasteiger partial charge is 0.381 e. The molecule has 2 aliphatic rings. The van der Waals surface area contributed by atoms with Crippen LogP contribution in [0.25, 0.3) is 0 Å². The number of amides is 1. The Hall–Kier alpha value is -0.610. The Bertz CT molecular complexity index is 211. The molecule has 2 rings (SSSR count). The van der Waals surface area contributed by atoms with Gasteiger partial charge in [0, 0.05) is 25.7 Å². The molecule has 86 valence electrons. The van der Waals surface area contributed by atoms with Gasteiger partial charge in [0.2, 0.25) is 5.91 Å². The van der Waals surface area contributed by atoms with Gasteiger partial charge in [0.15, 0.2) is 0 Å². The highest BCUT2D eigenvalue weighted by molar-refractivity contribution is 5.78. The molecule has 4 heteroatoms. The molecule has 0 radical (unpaired) electrons. The minimum absolute atomic E-state index is 0.0830. The normalized spacial score (nSPS) is 26.3. The number of rotatable bonds is 5. The second kappa shape index (κ2) is 5.47. The Kier molecular flexibility index (Phi) is 3.97. The maximum Gasteiger partial charge on any atom is 0.225 e. The van der Waals surface area contributed by atoms with E-state index in [9.17, 15) is 4.79 Å². The van der Waals surface area contributed by atoms with Gasteiger partial charge in [-0.05, 0) is 25.7 Å². The fourth-order valence-electron chi connectivity index (χ4n) is 1.84. The number of hydrogen-bond acceptors (Lipinski definition) is 3. The van der Waals surface area contributed by atoms with Crippen molar-refractivity contribution < 1.29 is 9.53 Å². The molecule has 0 spiro atoms. The Morgan fingerprint density at radius 3 is 2.80 bits per heavy atom. The molecule has 1 heterocycles. The summed E-state index contributed by atoms with van der Waals surface area (Å²) in [5.41, 5.74) is 0. The van der Waals surface area contributed by atoms with Crippen LogP contribution >= 0.6 is 0 Å². The second-order valence-electron chi connectivity index (χ2n) is 4.43. The Balaban J connectivity index is 1.54. The van der Waals surface area contributed by atoms with Crippen molar-refractivity contribution in [1.82, 2.24) is 10.6 Å². The van der Waals surface area contributed by atoms with Crippen LogP contribution in [-0.4, -0.2) is 38.3 Å². The van der Waals surface area contributed by atoms with Crippen LogP contribution in [0.5, 0.6) is 0 Å². The molecule has 1 aliphatic carbocycles. The van der Waals surface area contributed by atoms with Gasteiger partial charge in [-0.15, -0.1) is 0 Å². The molecule has 0 aromatic carbocycles. The van der Waals surface area contributed by atoms with Crippen LogP contribution in [-0.2, 0) is 9.53 Å². The summed E-state index contributed by atoms with van der Waals surface area (Å²) in [6.45, 7) is 3.05. The van der Waals surface area contributed by atoms with Gasteiger partial charge < -0.3 is 15.4 Å². The van der Waals surface area contributed by atoms with Crippen LogP contribution in [0.1, 0.15) is 25.7 Å². The summed E-state index contributed by atoms with van der Waals surface area (Å²) >= 11 is 0. The molecule has 2 N–H and O–H groups in total. The highest BCUT2D eigenvalue weighted by Crippen LogP contribution is 2.17. The van der Waals surface area contributed by atoms with Gasteiger partial charge in [0.25, 0.3) is 0 Å². The Labute approximate surface area is 90.8 Å². The van der Waals surface area contributed by atoms with E-state index < -0.39 is 0 Å². The highest BCUT2D eigenvalue weighted by atomic mass is 16.5. The lowest BCUT2D eigenvalue weighted by atomic mass is 10.0. The van der Waals surface area contributed by atoms with E-state index in [0.717, 1.165) is 38.6 Å². The van der Waals surface area contributed by atoms with Crippen molar-refractivity contribution in [2.24, 2.45) is 5.92 Å². The van der Waals surface area contributed by atoms with Gasteiger partial charge in [-0.3, -0.25) is 4.79 Å². The van der Waals surface area contributed by atoms with Crippen molar-refractivity contribution in [2.45, 2.75) is 31.7 Å². The van der Waals surface area contributed by atoms with Crippen molar-refractivity contribution in [3.05, 3.63) is 0 Å². The zero-order chi connectivity index (χ0) is 10.5. The van der Waals surface area contributed by atoms with E-state index in [1.807, 2.05) is 0 Å². The van der Waals surface area contributed by atoms with E-state index in [2.05, 4.69) is 10.6 Å². The molecule has 0 aromatic heterocycles. The van der Waals surface area contributed by atoms with Crippen LogP contribution in [0.2, 0.25) is 0 Å². The van der Waals surface area contributed by atoms with Crippen LogP contribution < -0.4 is 10.6 Å². The molecule has 15 heavy (non-hydrogen) atoms. The lowest BCUT2D eigenvalue weighted by Crippen LogP contribution is -2.39. The van der Waals surface area contributed by atoms with Crippen molar-refractivity contribution in [3.63, 3.8) is 0 Å². The maximum absolute atomic E-state index is 11.6. The van der Waals surface area contributed by atoms with E-state index in [0.29, 0.717) is 6.61 Å². The quantitative estimate of drug-likeness (QED) is 0.644. The lowest BCUT2D eigenvalue weighted by molar-refractivity contribution is -0.128. The first kappa shape index (κ1) is 10.9. The van der Waals surface area contributed by atoms with E-state index in [1.165, 1.54) is 12.8 Å². The number of hydrogen-bond donors (Lipinski definition) is 2. The zero-order valence-corrected chi connectivity index (χ0v) is 9.13. The predicted octanol–water partition coefficient (Wildman–Crippen LogP) is 0.281. The number of carbonyl (C=O) groups excluding carboxylic acids is 1. The molecule has 1 atom stereocenters. The SMILES string of the molecule is O=C(NCCNC1CC1)C1CCCOC1.